The lowest BCUT2D eigenvalue weighted by atomic mass is 9.93. The minimum atomic E-state index is -0.356. The summed E-state index contributed by atoms with van der Waals surface area (Å²) in [6, 6.07) is 21.4. The number of amides is 1. The number of unbranched alkanes of at least 4 members (excludes halogenated alkanes) is 2. The first-order valence-corrected chi connectivity index (χ1v) is 12.9. The van der Waals surface area contributed by atoms with Crippen molar-refractivity contribution in [2.75, 3.05) is 6.61 Å². The number of carbonyl (C=O) groups excluding carboxylic acids is 1. The van der Waals surface area contributed by atoms with Crippen LogP contribution in [0.2, 0.25) is 0 Å². The fourth-order valence-electron chi connectivity index (χ4n) is 5.22. The van der Waals surface area contributed by atoms with E-state index >= 15 is 0 Å². The van der Waals surface area contributed by atoms with Crippen LogP contribution in [0.1, 0.15) is 70.5 Å². The van der Waals surface area contributed by atoms with E-state index in [1.54, 1.807) is 6.07 Å². The summed E-state index contributed by atoms with van der Waals surface area (Å²) in [4.78, 5) is 15.6. The second kappa shape index (κ2) is 10.5. The maximum atomic E-state index is 13.7. The Labute approximate surface area is 217 Å². The molecule has 6 nitrogen and oxygen atoms in total. The highest BCUT2D eigenvalue weighted by atomic mass is 16.5. The highest BCUT2D eigenvalue weighted by Gasteiger charge is 2.42. The number of nitrogens with zero attached hydrogens (tertiary/aromatic N) is 2. The van der Waals surface area contributed by atoms with E-state index in [9.17, 15) is 9.90 Å². The number of benzene rings is 3. The molecule has 0 radical (unpaired) electrons. The number of carbonyl (C=O) groups is 1. The molecule has 0 saturated carbocycles. The van der Waals surface area contributed by atoms with Gasteiger partial charge >= 0.3 is 0 Å². The van der Waals surface area contributed by atoms with Crippen LogP contribution < -0.4 is 4.74 Å². The normalized spacial score (nSPS) is 14.7. The van der Waals surface area contributed by atoms with Crippen molar-refractivity contribution in [3.8, 4) is 22.8 Å². The molecule has 190 valence electrons. The standard InChI is InChI=1S/C31H33N3O3/c1-4-5-9-16-37-24-14-12-23(13-15-24)30-27-28(26-21(3)17-20(2)18-25(26)35)32-33-29(27)31(36)34(30)19-22-10-7-6-8-11-22/h6-8,10-15,17-18,30,35H,4-5,9,16,19H2,1-3H3,(H,32,33). The van der Waals surface area contributed by atoms with Crippen LogP contribution in [0.25, 0.3) is 11.3 Å². The van der Waals surface area contributed by atoms with Crippen LogP contribution in [0.15, 0.2) is 66.7 Å². The average molecular weight is 496 g/mol. The van der Waals surface area contributed by atoms with Crippen molar-refractivity contribution in [1.29, 1.82) is 0 Å². The Morgan fingerprint density at radius 3 is 2.49 bits per heavy atom. The number of phenols is 1. The number of fused-ring (bicyclic) bond motifs is 1. The van der Waals surface area contributed by atoms with Crippen molar-refractivity contribution < 1.29 is 14.6 Å². The summed E-state index contributed by atoms with van der Waals surface area (Å²) in [5.74, 6) is 0.875. The predicted molar refractivity (Wildman–Crippen MR) is 145 cm³/mol. The topological polar surface area (TPSA) is 78.5 Å². The predicted octanol–water partition coefficient (Wildman–Crippen LogP) is 6.71. The zero-order chi connectivity index (χ0) is 25.9. The molecule has 1 aliphatic heterocycles. The molecule has 6 heteroatoms. The molecule has 2 heterocycles. The largest absolute Gasteiger partial charge is 0.507 e. The molecular weight excluding hydrogens is 462 g/mol. The summed E-state index contributed by atoms with van der Waals surface area (Å²) in [6.45, 7) is 7.24. The maximum absolute atomic E-state index is 13.7. The number of rotatable bonds is 9. The second-order valence-corrected chi connectivity index (χ2v) is 9.78. The fraction of sp³-hybridized carbons (Fsp3) is 0.290. The van der Waals surface area contributed by atoms with E-state index in [0.717, 1.165) is 52.8 Å². The molecule has 3 aromatic carbocycles. The molecule has 1 unspecified atom stereocenters. The van der Waals surface area contributed by atoms with Crippen LogP contribution in [0, 0.1) is 13.8 Å². The van der Waals surface area contributed by atoms with Gasteiger partial charge in [-0.15, -0.1) is 0 Å². The number of aryl methyl sites for hydroxylation is 2. The number of aromatic amines is 1. The average Bonchev–Trinajstić information content (AvgIpc) is 3.41. The molecule has 0 spiro atoms. The van der Waals surface area contributed by atoms with Crippen molar-refractivity contribution in [2.24, 2.45) is 0 Å². The molecule has 37 heavy (non-hydrogen) atoms. The van der Waals surface area contributed by atoms with Crippen LogP contribution in [-0.2, 0) is 6.54 Å². The van der Waals surface area contributed by atoms with Crippen LogP contribution >= 0.6 is 0 Å². The molecule has 0 bridgehead atoms. The quantitative estimate of drug-likeness (QED) is 0.253. The van der Waals surface area contributed by atoms with Gasteiger partial charge in [-0.05, 0) is 60.7 Å². The van der Waals surface area contributed by atoms with Crippen molar-refractivity contribution >= 4 is 5.91 Å². The van der Waals surface area contributed by atoms with Gasteiger partial charge in [0.15, 0.2) is 0 Å². The van der Waals surface area contributed by atoms with Gasteiger partial charge in [-0.2, -0.15) is 5.10 Å². The first kappa shape index (κ1) is 24.6. The van der Waals surface area contributed by atoms with E-state index in [4.69, 9.17) is 4.74 Å². The maximum Gasteiger partial charge on any atom is 0.273 e. The van der Waals surface area contributed by atoms with Gasteiger partial charge in [0.2, 0.25) is 0 Å². The number of ether oxygens (including phenoxy) is 1. The van der Waals surface area contributed by atoms with E-state index in [0.29, 0.717) is 30.1 Å². The van der Waals surface area contributed by atoms with Crippen LogP contribution in [0.4, 0.5) is 0 Å². The van der Waals surface area contributed by atoms with Crippen molar-refractivity contribution in [1.82, 2.24) is 15.1 Å². The number of nitrogens with one attached hydrogen (secondary N) is 1. The first-order chi connectivity index (χ1) is 18.0. The number of aromatic hydroxyl groups is 1. The highest BCUT2D eigenvalue weighted by molar-refractivity contribution is 6.00. The van der Waals surface area contributed by atoms with E-state index in [1.165, 1.54) is 0 Å². The number of hydrogen-bond donors (Lipinski definition) is 2. The molecule has 4 aromatic rings. The van der Waals surface area contributed by atoms with Crippen LogP contribution in [0.3, 0.4) is 0 Å². The van der Waals surface area contributed by atoms with Crippen LogP contribution in [-0.4, -0.2) is 32.7 Å². The van der Waals surface area contributed by atoms with E-state index in [1.807, 2.05) is 79.4 Å². The molecule has 1 amide bonds. The summed E-state index contributed by atoms with van der Waals surface area (Å²) in [5, 5.41) is 18.4. The lowest BCUT2D eigenvalue weighted by molar-refractivity contribution is 0.0730. The summed E-state index contributed by atoms with van der Waals surface area (Å²) >= 11 is 0. The van der Waals surface area contributed by atoms with Gasteiger partial charge in [0.1, 0.15) is 22.9 Å². The monoisotopic (exact) mass is 495 g/mol. The van der Waals surface area contributed by atoms with Gasteiger partial charge < -0.3 is 14.7 Å². The Morgan fingerprint density at radius 1 is 1.03 bits per heavy atom. The molecule has 5 rings (SSSR count). The fourth-order valence-corrected chi connectivity index (χ4v) is 5.22. The molecule has 2 N–H and O–H groups in total. The third-order valence-corrected chi connectivity index (χ3v) is 6.97. The second-order valence-electron chi connectivity index (χ2n) is 9.78. The summed E-state index contributed by atoms with van der Waals surface area (Å²) in [6.07, 6.45) is 3.33. The third kappa shape index (κ3) is 4.84. The SMILES string of the molecule is CCCCCOc1ccc(C2c3c(-c4c(C)cc(C)cc4O)n[nH]c3C(=O)N2Cc2ccccc2)cc1. The van der Waals surface area contributed by atoms with Gasteiger partial charge in [-0.3, -0.25) is 9.89 Å². The molecule has 1 atom stereocenters. The van der Waals surface area contributed by atoms with Crippen molar-refractivity contribution in [3.63, 3.8) is 0 Å². The minimum absolute atomic E-state index is 0.105. The van der Waals surface area contributed by atoms with Gasteiger partial charge in [0.05, 0.1) is 12.6 Å². The molecule has 0 aliphatic carbocycles. The zero-order valence-corrected chi connectivity index (χ0v) is 21.6. The van der Waals surface area contributed by atoms with Crippen LogP contribution in [0.5, 0.6) is 11.5 Å². The van der Waals surface area contributed by atoms with Gasteiger partial charge in [-0.1, -0.05) is 68.3 Å². The molecule has 0 saturated heterocycles. The van der Waals surface area contributed by atoms with Gasteiger partial charge in [0, 0.05) is 17.7 Å². The number of hydrogen-bond acceptors (Lipinski definition) is 4. The Bertz CT molecular complexity index is 1370. The summed E-state index contributed by atoms with van der Waals surface area (Å²) in [7, 11) is 0. The number of phenolic OH excluding ortho intramolecular Hbond substituents is 1. The highest BCUT2D eigenvalue weighted by Crippen LogP contribution is 2.46. The smallest absolute Gasteiger partial charge is 0.273 e. The Morgan fingerprint density at radius 2 is 1.78 bits per heavy atom. The zero-order valence-electron chi connectivity index (χ0n) is 21.6. The van der Waals surface area contributed by atoms with E-state index in [2.05, 4.69) is 17.1 Å². The molecule has 1 aliphatic rings. The molecule has 0 fully saturated rings. The van der Waals surface area contributed by atoms with Crippen molar-refractivity contribution in [3.05, 3.63) is 100 Å². The lowest BCUT2D eigenvalue weighted by Gasteiger charge is -2.27. The number of H-pyrrole nitrogens is 1. The van der Waals surface area contributed by atoms with Gasteiger partial charge in [-0.25, -0.2) is 0 Å². The van der Waals surface area contributed by atoms with E-state index < -0.39 is 0 Å². The first-order valence-electron chi connectivity index (χ1n) is 12.9. The third-order valence-electron chi connectivity index (χ3n) is 6.97. The minimum Gasteiger partial charge on any atom is -0.507 e. The lowest BCUT2D eigenvalue weighted by Crippen LogP contribution is -2.29. The summed E-state index contributed by atoms with van der Waals surface area (Å²) in [5.41, 5.74) is 6.42. The Hall–Kier alpha value is -4.06. The Balaban J connectivity index is 1.56. The molecule has 1 aromatic heterocycles. The van der Waals surface area contributed by atoms with Crippen molar-refractivity contribution in [2.45, 2.75) is 52.6 Å². The van der Waals surface area contributed by atoms with E-state index in [-0.39, 0.29) is 17.7 Å². The molecular formula is C31H33N3O3. The number of aromatic nitrogens is 2. The Kier molecular flexibility index (Phi) is 6.99. The summed E-state index contributed by atoms with van der Waals surface area (Å²) < 4.78 is 5.93. The van der Waals surface area contributed by atoms with Gasteiger partial charge in [0.25, 0.3) is 5.91 Å².